The number of hydrogen-bond acceptors (Lipinski definition) is 0. The minimum atomic E-state index is 0.858. The Hall–Kier alpha value is 0.220. The normalized spacial score (nSPS) is 32.9. The van der Waals surface area contributed by atoms with Gasteiger partial charge in [0.25, 0.3) is 0 Å². The van der Waals surface area contributed by atoms with E-state index >= 15 is 0 Å². The Bertz CT molecular complexity index is 121. The minimum absolute atomic E-state index is 0.858. The molecule has 0 spiro atoms. The molecule has 64 valence electrons. The first kappa shape index (κ1) is 9.31. The van der Waals surface area contributed by atoms with Gasteiger partial charge in [0, 0.05) is 0 Å². The molecule has 1 heteroatoms. The van der Waals surface area contributed by atoms with Crippen LogP contribution in [0.3, 0.4) is 0 Å². The SMILES string of the molecule is CCC1CCC(C=CBr)CC1. The molecule has 0 nitrogen and oxygen atoms in total. The molecule has 0 heterocycles. The maximum atomic E-state index is 3.34. The van der Waals surface area contributed by atoms with Gasteiger partial charge in [0.1, 0.15) is 0 Å². The van der Waals surface area contributed by atoms with E-state index in [0.717, 1.165) is 11.8 Å². The van der Waals surface area contributed by atoms with E-state index in [-0.39, 0.29) is 0 Å². The lowest BCUT2D eigenvalue weighted by molar-refractivity contribution is 0.304. The smallest absolute Gasteiger partial charge is 0.0225 e. The van der Waals surface area contributed by atoms with E-state index in [9.17, 15) is 0 Å². The number of halogens is 1. The first-order valence-electron chi connectivity index (χ1n) is 4.63. The van der Waals surface area contributed by atoms with E-state index in [4.69, 9.17) is 0 Å². The quantitative estimate of drug-likeness (QED) is 0.652. The summed E-state index contributed by atoms with van der Waals surface area (Å²) in [5, 5.41) is 0. The van der Waals surface area contributed by atoms with Gasteiger partial charge in [-0.15, -0.1) is 0 Å². The van der Waals surface area contributed by atoms with Crippen molar-refractivity contribution < 1.29 is 0 Å². The van der Waals surface area contributed by atoms with E-state index in [0.29, 0.717) is 0 Å². The van der Waals surface area contributed by atoms with Gasteiger partial charge < -0.3 is 0 Å². The summed E-state index contributed by atoms with van der Waals surface area (Å²) in [6, 6.07) is 0. The standard InChI is InChI=1S/C10H17Br/c1-2-9-3-5-10(6-4-9)7-8-11/h7-10H,2-6H2,1H3. The molecule has 11 heavy (non-hydrogen) atoms. The molecule has 0 N–H and O–H groups in total. The van der Waals surface area contributed by atoms with Gasteiger partial charge in [0.05, 0.1) is 0 Å². The van der Waals surface area contributed by atoms with Crippen LogP contribution in [-0.4, -0.2) is 0 Å². The molecule has 0 unspecified atom stereocenters. The zero-order valence-corrected chi connectivity index (χ0v) is 8.81. The Morgan fingerprint density at radius 1 is 1.27 bits per heavy atom. The van der Waals surface area contributed by atoms with Crippen molar-refractivity contribution in [3.8, 4) is 0 Å². The fraction of sp³-hybridized carbons (Fsp3) is 0.800. The van der Waals surface area contributed by atoms with Crippen molar-refractivity contribution in [1.29, 1.82) is 0 Å². The summed E-state index contributed by atoms with van der Waals surface area (Å²) in [5.41, 5.74) is 0. The molecule has 0 bridgehead atoms. The highest BCUT2D eigenvalue weighted by Crippen LogP contribution is 2.31. The minimum Gasteiger partial charge on any atom is -0.0745 e. The molecular formula is C10H17Br. The largest absolute Gasteiger partial charge is 0.0745 e. The molecule has 0 amide bonds. The monoisotopic (exact) mass is 216 g/mol. The second-order valence-corrected chi connectivity index (χ2v) is 4.04. The van der Waals surface area contributed by atoms with E-state index in [2.05, 4.69) is 28.9 Å². The third kappa shape index (κ3) is 2.98. The van der Waals surface area contributed by atoms with E-state index in [1.807, 2.05) is 4.99 Å². The predicted molar refractivity (Wildman–Crippen MR) is 53.8 cm³/mol. The number of rotatable bonds is 2. The van der Waals surface area contributed by atoms with Crippen molar-refractivity contribution in [1.82, 2.24) is 0 Å². The molecule has 1 fully saturated rings. The average Bonchev–Trinajstić information content (AvgIpc) is 2.07. The third-order valence-corrected chi connectivity index (χ3v) is 3.12. The van der Waals surface area contributed by atoms with Crippen molar-refractivity contribution in [2.75, 3.05) is 0 Å². The summed E-state index contributed by atoms with van der Waals surface area (Å²) >= 11 is 3.34. The van der Waals surface area contributed by atoms with Gasteiger partial charge in [0.2, 0.25) is 0 Å². The van der Waals surface area contributed by atoms with Gasteiger partial charge >= 0.3 is 0 Å². The number of hydrogen-bond donors (Lipinski definition) is 0. The van der Waals surface area contributed by atoms with Crippen LogP contribution in [0.1, 0.15) is 39.0 Å². The zero-order chi connectivity index (χ0) is 8.10. The maximum Gasteiger partial charge on any atom is -0.0225 e. The second kappa shape index (κ2) is 4.97. The molecular weight excluding hydrogens is 200 g/mol. The van der Waals surface area contributed by atoms with Crippen LogP contribution in [0.4, 0.5) is 0 Å². The second-order valence-electron chi connectivity index (χ2n) is 3.51. The Kier molecular flexibility index (Phi) is 4.21. The van der Waals surface area contributed by atoms with Crippen molar-refractivity contribution in [3.63, 3.8) is 0 Å². The highest BCUT2D eigenvalue weighted by Gasteiger charge is 2.17. The fourth-order valence-electron chi connectivity index (χ4n) is 1.89. The first-order chi connectivity index (χ1) is 5.36. The van der Waals surface area contributed by atoms with Gasteiger partial charge in [-0.05, 0) is 42.5 Å². The summed E-state index contributed by atoms with van der Waals surface area (Å²) in [4.78, 5) is 2.02. The molecule has 1 aliphatic rings. The molecule has 0 aromatic rings. The highest BCUT2D eigenvalue weighted by molar-refractivity contribution is 9.11. The van der Waals surface area contributed by atoms with Gasteiger partial charge in [-0.2, -0.15) is 0 Å². The third-order valence-electron chi connectivity index (χ3n) is 2.81. The topological polar surface area (TPSA) is 0 Å². The summed E-state index contributed by atoms with van der Waals surface area (Å²) in [7, 11) is 0. The van der Waals surface area contributed by atoms with Crippen molar-refractivity contribution >= 4 is 15.9 Å². The molecule has 0 aromatic carbocycles. The average molecular weight is 217 g/mol. The van der Waals surface area contributed by atoms with Gasteiger partial charge in [-0.1, -0.05) is 35.4 Å². The zero-order valence-electron chi connectivity index (χ0n) is 7.22. The Morgan fingerprint density at radius 2 is 1.91 bits per heavy atom. The molecule has 0 atom stereocenters. The van der Waals surface area contributed by atoms with Crippen LogP contribution in [-0.2, 0) is 0 Å². The summed E-state index contributed by atoms with van der Waals surface area (Å²) in [6.45, 7) is 2.31. The van der Waals surface area contributed by atoms with Crippen molar-refractivity contribution in [3.05, 3.63) is 11.1 Å². The Labute approximate surface area is 78.2 Å². The summed E-state index contributed by atoms with van der Waals surface area (Å²) in [6.07, 6.45) is 9.37. The van der Waals surface area contributed by atoms with E-state index in [1.165, 1.54) is 32.1 Å². The summed E-state index contributed by atoms with van der Waals surface area (Å²) < 4.78 is 0. The first-order valence-corrected chi connectivity index (χ1v) is 5.55. The lowest BCUT2D eigenvalue weighted by atomic mass is 9.81. The lowest BCUT2D eigenvalue weighted by Gasteiger charge is -2.25. The van der Waals surface area contributed by atoms with Crippen molar-refractivity contribution in [2.45, 2.75) is 39.0 Å². The molecule has 1 saturated carbocycles. The molecule has 0 radical (unpaired) electrons. The lowest BCUT2D eigenvalue weighted by Crippen LogP contribution is -2.11. The molecule has 0 saturated heterocycles. The van der Waals surface area contributed by atoms with Crippen LogP contribution in [0.2, 0.25) is 0 Å². The number of allylic oxidation sites excluding steroid dienone is 1. The Balaban J connectivity index is 2.24. The Morgan fingerprint density at radius 3 is 2.36 bits per heavy atom. The van der Waals surface area contributed by atoms with Crippen LogP contribution in [0.15, 0.2) is 11.1 Å². The van der Waals surface area contributed by atoms with Crippen LogP contribution in [0.5, 0.6) is 0 Å². The van der Waals surface area contributed by atoms with Gasteiger partial charge in [0.15, 0.2) is 0 Å². The van der Waals surface area contributed by atoms with E-state index in [1.54, 1.807) is 0 Å². The highest BCUT2D eigenvalue weighted by atomic mass is 79.9. The van der Waals surface area contributed by atoms with Crippen LogP contribution >= 0.6 is 15.9 Å². The van der Waals surface area contributed by atoms with E-state index < -0.39 is 0 Å². The molecule has 1 aliphatic carbocycles. The van der Waals surface area contributed by atoms with Crippen molar-refractivity contribution in [2.24, 2.45) is 11.8 Å². The van der Waals surface area contributed by atoms with Gasteiger partial charge in [-0.3, -0.25) is 0 Å². The van der Waals surface area contributed by atoms with Crippen LogP contribution in [0, 0.1) is 11.8 Å². The predicted octanol–water partition coefficient (Wildman–Crippen LogP) is 4.11. The van der Waals surface area contributed by atoms with Crippen LogP contribution < -0.4 is 0 Å². The van der Waals surface area contributed by atoms with Gasteiger partial charge in [-0.25, -0.2) is 0 Å². The fourth-order valence-corrected chi connectivity index (χ4v) is 2.32. The molecule has 0 aliphatic heterocycles. The van der Waals surface area contributed by atoms with Crippen LogP contribution in [0.25, 0.3) is 0 Å². The summed E-state index contributed by atoms with van der Waals surface area (Å²) in [5.74, 6) is 1.88. The molecule has 0 aromatic heterocycles. The molecule has 1 rings (SSSR count). The maximum absolute atomic E-state index is 3.34.